The van der Waals surface area contributed by atoms with Crippen molar-refractivity contribution >= 4 is 11.3 Å². The van der Waals surface area contributed by atoms with E-state index >= 15 is 0 Å². The lowest BCUT2D eigenvalue weighted by Gasteiger charge is -2.08. The van der Waals surface area contributed by atoms with Crippen molar-refractivity contribution in [1.29, 1.82) is 0 Å². The van der Waals surface area contributed by atoms with E-state index in [-0.39, 0.29) is 6.10 Å². The zero-order valence-electron chi connectivity index (χ0n) is 8.92. The summed E-state index contributed by atoms with van der Waals surface area (Å²) in [6.07, 6.45) is 2.34. The van der Waals surface area contributed by atoms with Crippen LogP contribution in [0.2, 0.25) is 0 Å². The van der Waals surface area contributed by atoms with Crippen LogP contribution in [-0.2, 0) is 6.42 Å². The topological polar surface area (TPSA) is 20.2 Å². The minimum absolute atomic E-state index is 0.354. The molecular formula is C12H18OS. The second kappa shape index (κ2) is 5.32. The van der Waals surface area contributed by atoms with E-state index in [1.807, 2.05) is 6.07 Å². The molecule has 1 unspecified atom stereocenters. The molecule has 0 amide bonds. The second-order valence-corrected chi connectivity index (χ2v) is 4.68. The van der Waals surface area contributed by atoms with E-state index < -0.39 is 0 Å². The van der Waals surface area contributed by atoms with Crippen LogP contribution in [-0.4, -0.2) is 5.11 Å². The first-order chi connectivity index (χ1) is 6.67. The van der Waals surface area contributed by atoms with Gasteiger partial charge in [-0.2, -0.15) is 0 Å². The van der Waals surface area contributed by atoms with Crippen LogP contribution in [0.25, 0.3) is 0 Å². The van der Waals surface area contributed by atoms with E-state index in [2.05, 4.69) is 26.5 Å². The van der Waals surface area contributed by atoms with Gasteiger partial charge in [0, 0.05) is 9.75 Å². The average Bonchev–Trinajstić information content (AvgIpc) is 2.65. The lowest BCUT2D eigenvalue weighted by Crippen LogP contribution is -1.95. The van der Waals surface area contributed by atoms with Crippen LogP contribution in [0.4, 0.5) is 0 Å². The SMILES string of the molecule is C=C(CC)CC(O)c1ccc(CC)s1. The van der Waals surface area contributed by atoms with Gasteiger partial charge in [0.2, 0.25) is 0 Å². The van der Waals surface area contributed by atoms with Crippen molar-refractivity contribution in [3.8, 4) is 0 Å². The van der Waals surface area contributed by atoms with Crippen molar-refractivity contribution in [2.24, 2.45) is 0 Å². The molecule has 2 heteroatoms. The number of hydrogen-bond acceptors (Lipinski definition) is 2. The van der Waals surface area contributed by atoms with Gasteiger partial charge >= 0.3 is 0 Å². The molecule has 0 spiro atoms. The quantitative estimate of drug-likeness (QED) is 0.735. The maximum Gasteiger partial charge on any atom is 0.0918 e. The van der Waals surface area contributed by atoms with Crippen LogP contribution in [0, 0.1) is 0 Å². The van der Waals surface area contributed by atoms with E-state index in [1.54, 1.807) is 11.3 Å². The van der Waals surface area contributed by atoms with Gasteiger partial charge in [-0.15, -0.1) is 11.3 Å². The molecule has 0 aliphatic heterocycles. The van der Waals surface area contributed by atoms with Gasteiger partial charge < -0.3 is 5.11 Å². The molecule has 1 aromatic rings. The van der Waals surface area contributed by atoms with Crippen LogP contribution in [0.15, 0.2) is 24.3 Å². The zero-order valence-corrected chi connectivity index (χ0v) is 9.73. The van der Waals surface area contributed by atoms with Gasteiger partial charge in [0.25, 0.3) is 0 Å². The lowest BCUT2D eigenvalue weighted by atomic mass is 10.1. The van der Waals surface area contributed by atoms with Gasteiger partial charge in [-0.25, -0.2) is 0 Å². The molecule has 0 aliphatic carbocycles. The molecule has 0 aliphatic rings. The molecule has 0 saturated carbocycles. The van der Waals surface area contributed by atoms with Crippen molar-refractivity contribution < 1.29 is 5.11 Å². The minimum atomic E-state index is -0.354. The predicted molar refractivity (Wildman–Crippen MR) is 62.7 cm³/mol. The average molecular weight is 210 g/mol. The van der Waals surface area contributed by atoms with Crippen molar-refractivity contribution in [3.63, 3.8) is 0 Å². The maximum absolute atomic E-state index is 9.88. The molecule has 1 heterocycles. The van der Waals surface area contributed by atoms with Crippen molar-refractivity contribution in [1.82, 2.24) is 0 Å². The van der Waals surface area contributed by atoms with E-state index in [1.165, 1.54) is 4.88 Å². The van der Waals surface area contributed by atoms with Crippen LogP contribution >= 0.6 is 11.3 Å². The van der Waals surface area contributed by atoms with Gasteiger partial charge in [0.1, 0.15) is 0 Å². The maximum atomic E-state index is 9.88. The normalized spacial score (nSPS) is 12.8. The number of aliphatic hydroxyl groups excluding tert-OH is 1. The molecule has 0 saturated heterocycles. The first kappa shape index (κ1) is 11.5. The molecule has 14 heavy (non-hydrogen) atoms. The molecule has 0 fully saturated rings. The Balaban J connectivity index is 2.60. The Morgan fingerprint density at radius 3 is 2.71 bits per heavy atom. The van der Waals surface area contributed by atoms with E-state index in [0.29, 0.717) is 6.42 Å². The van der Waals surface area contributed by atoms with Gasteiger partial charge in [-0.3, -0.25) is 0 Å². The van der Waals surface area contributed by atoms with Crippen molar-refractivity contribution in [2.75, 3.05) is 0 Å². The van der Waals surface area contributed by atoms with Crippen molar-refractivity contribution in [3.05, 3.63) is 34.0 Å². The summed E-state index contributed by atoms with van der Waals surface area (Å²) in [4.78, 5) is 2.40. The Labute approximate surface area is 90.1 Å². The summed E-state index contributed by atoms with van der Waals surface area (Å²) in [5.74, 6) is 0. The zero-order chi connectivity index (χ0) is 10.6. The molecule has 78 valence electrons. The van der Waals surface area contributed by atoms with Gasteiger partial charge in [-0.1, -0.05) is 26.0 Å². The molecule has 1 rings (SSSR count). The monoisotopic (exact) mass is 210 g/mol. The molecule has 1 N–H and O–H groups in total. The summed E-state index contributed by atoms with van der Waals surface area (Å²) in [6.45, 7) is 8.11. The van der Waals surface area contributed by atoms with E-state index in [0.717, 1.165) is 23.3 Å². The Morgan fingerprint density at radius 1 is 1.50 bits per heavy atom. The molecule has 0 radical (unpaired) electrons. The molecule has 1 aromatic heterocycles. The summed E-state index contributed by atoms with van der Waals surface area (Å²) < 4.78 is 0. The molecule has 0 bridgehead atoms. The van der Waals surface area contributed by atoms with E-state index in [9.17, 15) is 5.11 Å². The van der Waals surface area contributed by atoms with Gasteiger partial charge in [-0.05, 0) is 31.4 Å². The summed E-state index contributed by atoms with van der Waals surface area (Å²) in [5, 5.41) is 9.88. The Bertz CT molecular complexity index is 301. The molecule has 0 aromatic carbocycles. The Morgan fingerprint density at radius 2 is 2.21 bits per heavy atom. The smallest absolute Gasteiger partial charge is 0.0918 e. The van der Waals surface area contributed by atoms with E-state index in [4.69, 9.17) is 0 Å². The van der Waals surface area contributed by atoms with Crippen LogP contribution in [0.5, 0.6) is 0 Å². The minimum Gasteiger partial charge on any atom is -0.387 e. The fourth-order valence-electron chi connectivity index (χ4n) is 1.28. The summed E-state index contributed by atoms with van der Waals surface area (Å²) in [7, 11) is 0. The number of rotatable bonds is 5. The summed E-state index contributed by atoms with van der Waals surface area (Å²) in [6, 6.07) is 4.12. The standard InChI is InChI=1S/C12H18OS/c1-4-9(3)8-11(13)12-7-6-10(5-2)14-12/h6-7,11,13H,3-5,8H2,1-2H3. The Kier molecular flexibility index (Phi) is 4.36. The molecule has 1 atom stereocenters. The fourth-order valence-corrected chi connectivity index (χ4v) is 2.22. The number of hydrogen-bond donors (Lipinski definition) is 1. The largest absolute Gasteiger partial charge is 0.387 e. The highest BCUT2D eigenvalue weighted by Gasteiger charge is 2.10. The predicted octanol–water partition coefficient (Wildman–Crippen LogP) is 3.70. The van der Waals surface area contributed by atoms with Crippen LogP contribution in [0.1, 0.15) is 42.5 Å². The second-order valence-electron chi connectivity index (χ2n) is 3.48. The lowest BCUT2D eigenvalue weighted by molar-refractivity contribution is 0.181. The Hall–Kier alpha value is -0.600. The summed E-state index contributed by atoms with van der Waals surface area (Å²) >= 11 is 1.70. The number of aliphatic hydroxyl groups is 1. The summed E-state index contributed by atoms with van der Waals surface area (Å²) in [5.41, 5.74) is 1.11. The number of thiophene rings is 1. The third-order valence-electron chi connectivity index (χ3n) is 2.34. The third kappa shape index (κ3) is 2.96. The highest BCUT2D eigenvalue weighted by atomic mass is 32.1. The first-order valence-corrected chi connectivity index (χ1v) is 5.92. The molecular weight excluding hydrogens is 192 g/mol. The number of aryl methyl sites for hydroxylation is 1. The van der Waals surface area contributed by atoms with Crippen LogP contribution < -0.4 is 0 Å². The highest BCUT2D eigenvalue weighted by Crippen LogP contribution is 2.28. The molecule has 1 nitrogen and oxygen atoms in total. The van der Waals surface area contributed by atoms with Gasteiger partial charge in [0.15, 0.2) is 0 Å². The van der Waals surface area contributed by atoms with Crippen molar-refractivity contribution in [2.45, 2.75) is 39.2 Å². The fraction of sp³-hybridized carbons (Fsp3) is 0.500. The third-order valence-corrected chi connectivity index (χ3v) is 3.67. The first-order valence-electron chi connectivity index (χ1n) is 5.10. The highest BCUT2D eigenvalue weighted by molar-refractivity contribution is 7.12. The van der Waals surface area contributed by atoms with Gasteiger partial charge in [0.05, 0.1) is 6.10 Å². The van der Waals surface area contributed by atoms with Crippen LogP contribution in [0.3, 0.4) is 0 Å².